The summed E-state index contributed by atoms with van der Waals surface area (Å²) in [5.74, 6) is -0.758. The molecule has 246 valence electrons. The van der Waals surface area contributed by atoms with Crippen LogP contribution in [0.3, 0.4) is 0 Å². The summed E-state index contributed by atoms with van der Waals surface area (Å²) >= 11 is 0. The van der Waals surface area contributed by atoms with Gasteiger partial charge in [-0.05, 0) is 90.3 Å². The first-order chi connectivity index (χ1) is 22.1. The van der Waals surface area contributed by atoms with E-state index < -0.39 is 19.3 Å². The number of hydrogen-bond acceptors (Lipinski definition) is 8. The summed E-state index contributed by atoms with van der Waals surface area (Å²) in [5.41, 5.74) is 1.25. The van der Waals surface area contributed by atoms with Crippen molar-refractivity contribution in [3.05, 3.63) is 63.4 Å². The Hall–Kier alpha value is -2.92. The van der Waals surface area contributed by atoms with Gasteiger partial charge in [0.2, 0.25) is 5.60 Å². The molecule has 0 aliphatic carbocycles. The molecule has 3 unspecified atom stereocenters. The maximum absolute atomic E-state index is 14.6. The van der Waals surface area contributed by atoms with Gasteiger partial charge in [-0.2, -0.15) is 0 Å². The van der Waals surface area contributed by atoms with Gasteiger partial charge in [-0.25, -0.2) is 19.0 Å². The van der Waals surface area contributed by atoms with Gasteiger partial charge in [0, 0.05) is 41.7 Å². The molecule has 12 heteroatoms. The van der Waals surface area contributed by atoms with E-state index in [1.807, 2.05) is 30.3 Å². The Morgan fingerprint density at radius 2 is 1.65 bits per heavy atom. The third kappa shape index (κ3) is 5.45. The number of fused-ring (bicyclic) bond motifs is 5. The number of pyridine rings is 2. The predicted molar refractivity (Wildman–Crippen MR) is 175 cm³/mol. The van der Waals surface area contributed by atoms with E-state index in [4.69, 9.17) is 14.2 Å². The highest BCUT2D eigenvalue weighted by Gasteiger charge is 2.53. The van der Waals surface area contributed by atoms with Crippen molar-refractivity contribution in [3.63, 3.8) is 0 Å². The average Bonchev–Trinajstić information content (AvgIpc) is 3.83. The molecule has 0 amide bonds. The molecule has 1 N–H and O–H groups in total. The number of carbonyl (C=O) groups is 1. The number of para-hydroxylation sites is 1. The predicted octanol–water partition coefficient (Wildman–Crippen LogP) is 4.47. The lowest BCUT2D eigenvalue weighted by Gasteiger charge is -2.41. The lowest BCUT2D eigenvalue weighted by Crippen LogP contribution is -2.49. The van der Waals surface area contributed by atoms with Crippen LogP contribution in [0.2, 0.25) is 0 Å². The van der Waals surface area contributed by atoms with Crippen LogP contribution in [-0.4, -0.2) is 86.2 Å². The maximum atomic E-state index is 14.6. The van der Waals surface area contributed by atoms with Crippen LogP contribution in [-0.2, 0) is 37.4 Å². The first-order valence-electron chi connectivity index (χ1n) is 16.7. The zero-order chi connectivity index (χ0) is 32.2. The largest absolute Gasteiger partial charge is 0.458 e. The summed E-state index contributed by atoms with van der Waals surface area (Å²) in [7, 11) is -4.61. The molecule has 6 heterocycles. The summed E-state index contributed by atoms with van der Waals surface area (Å²) in [6.07, 6.45) is 4.45. The lowest BCUT2D eigenvalue weighted by molar-refractivity contribution is -0.170. The Kier molecular flexibility index (Phi) is 8.45. The maximum Gasteiger partial charge on any atom is 0.407 e. The van der Waals surface area contributed by atoms with E-state index >= 15 is 0 Å². The summed E-state index contributed by atoms with van der Waals surface area (Å²) in [6.45, 7) is 10.4. The second-order valence-corrected chi connectivity index (χ2v) is 15.1. The van der Waals surface area contributed by atoms with Gasteiger partial charge in [0.05, 0.1) is 29.0 Å². The fourth-order valence-electron chi connectivity index (χ4n) is 7.81. The van der Waals surface area contributed by atoms with Crippen molar-refractivity contribution in [3.8, 4) is 11.4 Å². The molecule has 11 nitrogen and oxygen atoms in total. The molecular formula is C34H44N5O6P. The van der Waals surface area contributed by atoms with Crippen LogP contribution in [0.25, 0.3) is 22.3 Å². The zero-order valence-corrected chi connectivity index (χ0v) is 27.9. The number of ether oxygens (including phenoxy) is 1. The zero-order valence-electron chi connectivity index (χ0n) is 27.0. The highest BCUT2D eigenvalue weighted by Crippen LogP contribution is 2.55. The van der Waals surface area contributed by atoms with E-state index in [1.165, 1.54) is 0 Å². The van der Waals surface area contributed by atoms with Gasteiger partial charge in [-0.1, -0.05) is 25.1 Å². The molecule has 3 aromatic rings. The number of carbonyl (C=O) groups excluding carboxylic acids is 1. The van der Waals surface area contributed by atoms with Gasteiger partial charge in [0.25, 0.3) is 5.56 Å². The minimum Gasteiger partial charge on any atom is -0.458 e. The van der Waals surface area contributed by atoms with Gasteiger partial charge in [0.1, 0.15) is 6.61 Å². The van der Waals surface area contributed by atoms with Crippen LogP contribution < -0.4 is 5.56 Å². The van der Waals surface area contributed by atoms with E-state index in [1.54, 1.807) is 22.2 Å². The van der Waals surface area contributed by atoms with E-state index in [-0.39, 0.29) is 36.2 Å². The summed E-state index contributed by atoms with van der Waals surface area (Å²) in [6, 6.07) is 11.6. The minimum atomic E-state index is -4.61. The SMILES string of the molecule is CC[C@@]1(OP(=O)(O)N(CC(C)N2CCCC2)CC(C)N2CCCC2)C(=O)OCc2c1cc1n(c2=O)Cc2cc3ccccc3nc2-1. The van der Waals surface area contributed by atoms with Crippen LogP contribution in [0.5, 0.6) is 0 Å². The quantitative estimate of drug-likeness (QED) is 0.195. The Morgan fingerprint density at radius 1 is 1.02 bits per heavy atom. The number of rotatable bonds is 10. The molecule has 1 aromatic carbocycles. The Morgan fingerprint density at radius 3 is 2.28 bits per heavy atom. The molecule has 2 fully saturated rings. The van der Waals surface area contributed by atoms with Crippen molar-refractivity contribution in [2.45, 2.75) is 83.7 Å². The van der Waals surface area contributed by atoms with Crippen LogP contribution in [0.1, 0.15) is 69.6 Å². The summed E-state index contributed by atoms with van der Waals surface area (Å²) in [4.78, 5) is 49.2. The van der Waals surface area contributed by atoms with Gasteiger partial charge < -0.3 is 14.2 Å². The molecule has 0 radical (unpaired) electrons. The van der Waals surface area contributed by atoms with E-state index in [0.717, 1.165) is 68.3 Å². The number of likely N-dealkylation sites (tertiary alicyclic amines) is 2. The fraction of sp³-hybridized carbons (Fsp3) is 0.559. The molecule has 4 aliphatic heterocycles. The van der Waals surface area contributed by atoms with Crippen LogP contribution in [0, 0.1) is 0 Å². The van der Waals surface area contributed by atoms with Gasteiger partial charge in [-0.15, -0.1) is 0 Å². The molecular weight excluding hydrogens is 605 g/mol. The molecule has 0 bridgehead atoms. The third-order valence-electron chi connectivity index (χ3n) is 10.5. The third-order valence-corrected chi connectivity index (χ3v) is 12.1. The van der Waals surface area contributed by atoms with Crippen LogP contribution in [0.15, 0.2) is 41.2 Å². The monoisotopic (exact) mass is 649 g/mol. The molecule has 7 rings (SSSR count). The molecule has 2 aromatic heterocycles. The second-order valence-electron chi connectivity index (χ2n) is 13.4. The number of benzene rings is 1. The molecule has 4 aliphatic rings. The number of nitrogens with zero attached hydrogens (tertiary/aromatic N) is 5. The van der Waals surface area contributed by atoms with Crippen molar-refractivity contribution >= 4 is 24.6 Å². The fourth-order valence-corrected chi connectivity index (χ4v) is 9.52. The molecule has 0 saturated carbocycles. The number of cyclic esters (lactones) is 1. The van der Waals surface area contributed by atoms with E-state index in [9.17, 15) is 19.0 Å². The summed E-state index contributed by atoms with van der Waals surface area (Å²) in [5, 5.41) is 0.976. The lowest BCUT2D eigenvalue weighted by atomic mass is 9.86. The topological polar surface area (TPSA) is 117 Å². The highest BCUT2D eigenvalue weighted by molar-refractivity contribution is 7.50. The minimum absolute atomic E-state index is 0.0154. The number of aromatic nitrogens is 2. The van der Waals surface area contributed by atoms with Crippen molar-refractivity contribution < 1.29 is 23.5 Å². The summed E-state index contributed by atoms with van der Waals surface area (Å²) < 4.78 is 29.6. The normalized spacial score (nSPS) is 24.1. The van der Waals surface area contributed by atoms with Crippen molar-refractivity contribution in [2.75, 3.05) is 39.3 Å². The van der Waals surface area contributed by atoms with Crippen molar-refractivity contribution in [2.24, 2.45) is 0 Å². The smallest absolute Gasteiger partial charge is 0.407 e. The molecule has 46 heavy (non-hydrogen) atoms. The second kappa shape index (κ2) is 12.3. The van der Waals surface area contributed by atoms with E-state index in [2.05, 4.69) is 23.6 Å². The van der Waals surface area contributed by atoms with Crippen LogP contribution in [0.4, 0.5) is 0 Å². The molecule has 2 saturated heterocycles. The number of esters is 1. The van der Waals surface area contributed by atoms with Gasteiger partial charge >= 0.3 is 13.7 Å². The standard InChI is InChI=1S/C34H44N5O6P/c1-4-34(45-46(42,43)38(19-23(2)36-13-7-8-14-36)20-24(3)37-15-9-10-16-37)28-18-30-31-26(17-25-11-5-6-12-29(25)35-31)21-39(30)32(40)27(28)22-44-33(34)41/h5-6,11-12,17-18,23-24H,4,7-10,13-16,19-22H2,1-3H3,(H,42,43)/t23?,24?,34-/m0/s1. The van der Waals surface area contributed by atoms with Crippen LogP contribution >= 0.6 is 7.75 Å². The average molecular weight is 650 g/mol. The first-order valence-corrected chi connectivity index (χ1v) is 18.2. The Labute approximate surface area is 269 Å². The Balaban J connectivity index is 1.28. The highest BCUT2D eigenvalue weighted by atomic mass is 31.2. The molecule has 4 atom stereocenters. The van der Waals surface area contributed by atoms with Gasteiger partial charge in [-0.3, -0.25) is 19.1 Å². The Bertz CT molecular complexity index is 1740. The number of hydrogen-bond donors (Lipinski definition) is 1. The van der Waals surface area contributed by atoms with Gasteiger partial charge in [0.15, 0.2) is 0 Å². The van der Waals surface area contributed by atoms with Crippen molar-refractivity contribution in [1.29, 1.82) is 0 Å². The first kappa shape index (κ1) is 31.7. The van der Waals surface area contributed by atoms with E-state index in [0.29, 0.717) is 36.6 Å². The molecule has 0 spiro atoms. The van der Waals surface area contributed by atoms with Crippen molar-refractivity contribution in [1.82, 2.24) is 24.0 Å².